The third-order valence-electron chi connectivity index (χ3n) is 5.79. The first-order chi connectivity index (χ1) is 13.6. The quantitative estimate of drug-likeness (QED) is 0.813. The molecule has 0 spiro atoms. The largest absolute Gasteiger partial charge is 0.433 e. The van der Waals surface area contributed by atoms with Crippen LogP contribution in [0.2, 0.25) is 0 Å². The number of sulfone groups is 1. The molecule has 2 atom stereocenters. The summed E-state index contributed by atoms with van der Waals surface area (Å²) in [6.45, 7) is 1.09. The van der Waals surface area contributed by atoms with Gasteiger partial charge in [-0.15, -0.1) is 0 Å². The number of carbonyl (C=O) groups is 1. The van der Waals surface area contributed by atoms with Crippen molar-refractivity contribution >= 4 is 26.8 Å². The number of halogens is 3. The molecule has 29 heavy (non-hydrogen) atoms. The highest BCUT2D eigenvalue weighted by atomic mass is 32.2. The fourth-order valence-corrected chi connectivity index (χ4v) is 6.14. The van der Waals surface area contributed by atoms with Crippen LogP contribution in [0.4, 0.5) is 13.2 Å². The zero-order chi connectivity index (χ0) is 20.8. The summed E-state index contributed by atoms with van der Waals surface area (Å²) >= 11 is 0. The molecule has 0 aromatic carbocycles. The maximum Gasteiger partial charge on any atom is 0.433 e. The van der Waals surface area contributed by atoms with Crippen LogP contribution in [0.15, 0.2) is 18.2 Å². The van der Waals surface area contributed by atoms with Crippen LogP contribution < -0.4 is 0 Å². The molecule has 0 saturated carbocycles. The first-order valence-corrected chi connectivity index (χ1v) is 11.5. The van der Waals surface area contributed by atoms with Gasteiger partial charge in [0.2, 0.25) is 5.91 Å². The van der Waals surface area contributed by atoms with Gasteiger partial charge in [-0.1, -0.05) is 0 Å². The van der Waals surface area contributed by atoms with Crippen molar-refractivity contribution in [2.45, 2.75) is 37.8 Å². The number of fused-ring (bicyclic) bond motifs is 1. The van der Waals surface area contributed by atoms with Crippen molar-refractivity contribution in [1.29, 1.82) is 0 Å². The Balaban J connectivity index is 1.46. The summed E-state index contributed by atoms with van der Waals surface area (Å²) < 4.78 is 61.8. The lowest BCUT2D eigenvalue weighted by Gasteiger charge is -2.33. The molecule has 0 aliphatic carbocycles. The van der Waals surface area contributed by atoms with Gasteiger partial charge in [0.1, 0.15) is 5.69 Å². The van der Waals surface area contributed by atoms with E-state index in [9.17, 15) is 26.4 Å². The molecule has 0 radical (unpaired) electrons. The van der Waals surface area contributed by atoms with Crippen LogP contribution >= 0.6 is 0 Å². The number of amides is 1. The summed E-state index contributed by atoms with van der Waals surface area (Å²) in [5.74, 6) is 0.0423. The number of nitrogens with one attached hydrogen (secondary N) is 1. The van der Waals surface area contributed by atoms with Gasteiger partial charge in [-0.2, -0.15) is 13.2 Å². The Hall–Kier alpha value is -2.10. The molecule has 0 unspecified atom stereocenters. The molecule has 2 saturated heterocycles. The van der Waals surface area contributed by atoms with Gasteiger partial charge in [-0.25, -0.2) is 13.4 Å². The Labute approximate surface area is 166 Å². The maximum absolute atomic E-state index is 12.9. The fraction of sp³-hybridized carbons (Fsp3) is 0.579. The van der Waals surface area contributed by atoms with Gasteiger partial charge in [-0.3, -0.25) is 4.79 Å². The molecule has 2 aromatic rings. The van der Waals surface area contributed by atoms with Crippen LogP contribution in [0.5, 0.6) is 0 Å². The van der Waals surface area contributed by atoms with Crippen molar-refractivity contribution in [3.63, 3.8) is 0 Å². The minimum absolute atomic E-state index is 0.0106. The standard InChI is InChI=1S/C19H22F3N3O3S/c20-19(21,22)17-4-3-14-16(24-17)9-15(23-14)13-2-1-6-25(10-13)18(26)8-12-5-7-29(27,28)11-12/h3-4,9,12-13,23H,1-2,5-8,10-11H2/t12-,13+/m0/s1. The molecule has 1 amide bonds. The topological polar surface area (TPSA) is 83.1 Å². The minimum Gasteiger partial charge on any atom is -0.357 e. The first-order valence-electron chi connectivity index (χ1n) is 9.66. The summed E-state index contributed by atoms with van der Waals surface area (Å²) in [6.07, 6.45) is -2.13. The lowest BCUT2D eigenvalue weighted by molar-refractivity contribution is -0.141. The van der Waals surface area contributed by atoms with E-state index in [4.69, 9.17) is 0 Å². The average Bonchev–Trinajstić information content (AvgIpc) is 3.23. The third kappa shape index (κ3) is 4.41. The molecule has 0 bridgehead atoms. The Morgan fingerprint density at radius 3 is 2.76 bits per heavy atom. The summed E-state index contributed by atoms with van der Waals surface area (Å²) in [6, 6.07) is 3.96. The molecule has 2 aliphatic rings. The van der Waals surface area contributed by atoms with Gasteiger partial charge in [0.25, 0.3) is 0 Å². The number of piperidine rings is 1. The van der Waals surface area contributed by atoms with Gasteiger partial charge < -0.3 is 9.88 Å². The number of carbonyl (C=O) groups excluding carboxylic acids is 1. The lowest BCUT2D eigenvalue weighted by Crippen LogP contribution is -2.40. The van der Waals surface area contributed by atoms with Crippen LogP contribution in [-0.4, -0.2) is 53.8 Å². The summed E-state index contributed by atoms with van der Waals surface area (Å²) in [5, 5.41) is 0. The number of likely N-dealkylation sites (tertiary alicyclic amines) is 1. The Bertz CT molecular complexity index is 1030. The number of aromatic nitrogens is 2. The predicted octanol–water partition coefficient (Wildman–Crippen LogP) is 3.11. The van der Waals surface area contributed by atoms with E-state index in [1.807, 2.05) is 0 Å². The number of rotatable bonds is 3. The van der Waals surface area contributed by atoms with E-state index in [1.165, 1.54) is 6.07 Å². The molecule has 2 fully saturated rings. The molecule has 6 nitrogen and oxygen atoms in total. The second kappa shape index (κ2) is 7.30. The highest BCUT2D eigenvalue weighted by Crippen LogP contribution is 2.32. The summed E-state index contributed by atoms with van der Waals surface area (Å²) in [4.78, 5) is 21.2. The number of hydrogen-bond donors (Lipinski definition) is 1. The number of nitrogens with zero attached hydrogens (tertiary/aromatic N) is 2. The van der Waals surface area contributed by atoms with Crippen molar-refractivity contribution in [2.75, 3.05) is 24.6 Å². The second-order valence-electron chi connectivity index (χ2n) is 8.00. The number of pyridine rings is 1. The Morgan fingerprint density at radius 1 is 1.28 bits per heavy atom. The van der Waals surface area contributed by atoms with Crippen molar-refractivity contribution in [3.8, 4) is 0 Å². The van der Waals surface area contributed by atoms with Gasteiger partial charge in [0.05, 0.1) is 22.5 Å². The first kappa shape index (κ1) is 20.2. The fourth-order valence-electron chi connectivity index (χ4n) is 4.27. The van der Waals surface area contributed by atoms with Crippen molar-refractivity contribution in [3.05, 3.63) is 29.6 Å². The predicted molar refractivity (Wildman–Crippen MR) is 101 cm³/mol. The highest BCUT2D eigenvalue weighted by molar-refractivity contribution is 7.91. The smallest absolute Gasteiger partial charge is 0.357 e. The third-order valence-corrected chi connectivity index (χ3v) is 7.63. The van der Waals surface area contributed by atoms with Crippen LogP contribution in [-0.2, 0) is 20.8 Å². The molecule has 4 rings (SSSR count). The molecule has 4 heterocycles. The van der Waals surface area contributed by atoms with Gasteiger partial charge in [0.15, 0.2) is 9.84 Å². The zero-order valence-electron chi connectivity index (χ0n) is 15.7. The van der Waals surface area contributed by atoms with E-state index < -0.39 is 21.7 Å². The van der Waals surface area contributed by atoms with Crippen LogP contribution in [0.3, 0.4) is 0 Å². The minimum atomic E-state index is -4.49. The van der Waals surface area contributed by atoms with Crippen molar-refractivity contribution in [2.24, 2.45) is 5.92 Å². The van der Waals surface area contributed by atoms with Crippen molar-refractivity contribution < 1.29 is 26.4 Å². The van der Waals surface area contributed by atoms with Crippen LogP contribution in [0.25, 0.3) is 11.0 Å². The highest BCUT2D eigenvalue weighted by Gasteiger charge is 2.34. The molecule has 2 aliphatic heterocycles. The van der Waals surface area contributed by atoms with E-state index >= 15 is 0 Å². The van der Waals surface area contributed by atoms with E-state index in [2.05, 4.69) is 9.97 Å². The molecule has 10 heteroatoms. The maximum atomic E-state index is 12.9. The number of H-pyrrole nitrogens is 1. The SMILES string of the molecule is O=C(C[C@@H]1CCS(=O)(=O)C1)N1CCC[C@@H](c2cc3nc(C(F)(F)F)ccc3[nH]2)C1. The van der Waals surface area contributed by atoms with E-state index in [-0.39, 0.29) is 41.2 Å². The average molecular weight is 429 g/mol. The second-order valence-corrected chi connectivity index (χ2v) is 10.2. The lowest BCUT2D eigenvalue weighted by atomic mass is 9.94. The van der Waals surface area contributed by atoms with Gasteiger partial charge >= 0.3 is 6.18 Å². The van der Waals surface area contributed by atoms with Crippen molar-refractivity contribution in [1.82, 2.24) is 14.9 Å². The van der Waals surface area contributed by atoms with E-state index in [0.29, 0.717) is 25.0 Å². The zero-order valence-corrected chi connectivity index (χ0v) is 16.5. The van der Waals surface area contributed by atoms with Gasteiger partial charge in [0, 0.05) is 31.1 Å². The Morgan fingerprint density at radius 2 is 2.07 bits per heavy atom. The molecular formula is C19H22F3N3O3S. The van der Waals surface area contributed by atoms with Crippen LogP contribution in [0, 0.1) is 5.92 Å². The Kier molecular flexibility index (Phi) is 5.08. The summed E-state index contributed by atoms with van der Waals surface area (Å²) in [5.41, 5.74) is 0.636. The van der Waals surface area contributed by atoms with Crippen LogP contribution in [0.1, 0.15) is 43.0 Å². The molecule has 1 N–H and O–H groups in total. The molecular weight excluding hydrogens is 407 g/mol. The number of aromatic amines is 1. The molecule has 158 valence electrons. The van der Waals surface area contributed by atoms with E-state index in [1.54, 1.807) is 11.0 Å². The van der Waals surface area contributed by atoms with E-state index in [0.717, 1.165) is 24.6 Å². The van der Waals surface area contributed by atoms with Gasteiger partial charge in [-0.05, 0) is 43.4 Å². The number of hydrogen-bond acceptors (Lipinski definition) is 4. The normalized spacial score (nSPS) is 24.9. The monoisotopic (exact) mass is 429 g/mol. The number of alkyl halides is 3. The molecule has 2 aromatic heterocycles. The summed E-state index contributed by atoms with van der Waals surface area (Å²) in [7, 11) is -3.02.